The fourth-order valence-corrected chi connectivity index (χ4v) is 1.64. The van der Waals surface area contributed by atoms with Crippen molar-refractivity contribution in [1.82, 2.24) is 0 Å². The maximum atomic E-state index is 5.42. The number of aryl methyl sites for hydroxylation is 1. The number of ether oxygens (including phenoxy) is 1. The Morgan fingerprint density at radius 1 is 1.31 bits per heavy atom. The molecule has 0 saturated heterocycles. The minimum absolute atomic E-state index is 0.250. The van der Waals surface area contributed by atoms with Crippen LogP contribution in [0.5, 0.6) is 0 Å². The first-order chi connectivity index (χ1) is 6.20. The van der Waals surface area contributed by atoms with Gasteiger partial charge in [-0.05, 0) is 37.0 Å². The molecule has 1 unspecified atom stereocenters. The molecule has 0 spiro atoms. The van der Waals surface area contributed by atoms with E-state index in [2.05, 4.69) is 39.0 Å². The third kappa shape index (κ3) is 2.10. The van der Waals surface area contributed by atoms with Crippen molar-refractivity contribution in [3.8, 4) is 0 Å². The van der Waals surface area contributed by atoms with Gasteiger partial charge in [0.15, 0.2) is 0 Å². The molecule has 0 aliphatic carbocycles. The van der Waals surface area contributed by atoms with Crippen LogP contribution < -0.4 is 0 Å². The maximum Gasteiger partial charge on any atom is 0.0821 e. The van der Waals surface area contributed by atoms with E-state index >= 15 is 0 Å². The predicted octanol–water partition coefficient (Wildman–Crippen LogP) is 3.40. The molecule has 0 aliphatic heterocycles. The van der Waals surface area contributed by atoms with Crippen LogP contribution in [-0.2, 0) is 4.74 Å². The molecular weight excluding hydrogens is 160 g/mol. The summed E-state index contributed by atoms with van der Waals surface area (Å²) in [6, 6.07) is 6.39. The van der Waals surface area contributed by atoms with E-state index in [4.69, 9.17) is 4.74 Å². The van der Waals surface area contributed by atoms with Gasteiger partial charge in [0.1, 0.15) is 0 Å². The molecular formula is C12H18O. The van der Waals surface area contributed by atoms with E-state index in [1.54, 1.807) is 7.11 Å². The van der Waals surface area contributed by atoms with E-state index in [0.717, 1.165) is 6.42 Å². The van der Waals surface area contributed by atoms with Crippen molar-refractivity contribution in [3.05, 3.63) is 34.9 Å². The standard InChI is InChI=1S/C12H18O/c1-5-12(13-4)11-8-6-7-9(2)10(11)3/h6-8,12H,5H2,1-4H3. The summed E-state index contributed by atoms with van der Waals surface area (Å²) in [7, 11) is 1.77. The van der Waals surface area contributed by atoms with Gasteiger partial charge in [-0.15, -0.1) is 0 Å². The van der Waals surface area contributed by atoms with Crippen LogP contribution in [0.25, 0.3) is 0 Å². The van der Waals surface area contributed by atoms with Gasteiger partial charge < -0.3 is 4.74 Å². The highest BCUT2D eigenvalue weighted by atomic mass is 16.5. The summed E-state index contributed by atoms with van der Waals surface area (Å²) in [4.78, 5) is 0. The van der Waals surface area contributed by atoms with Crippen molar-refractivity contribution < 1.29 is 4.74 Å². The monoisotopic (exact) mass is 178 g/mol. The second-order valence-electron chi connectivity index (χ2n) is 3.42. The second-order valence-corrected chi connectivity index (χ2v) is 3.42. The maximum absolute atomic E-state index is 5.42. The van der Waals surface area contributed by atoms with E-state index in [1.165, 1.54) is 16.7 Å². The van der Waals surface area contributed by atoms with Crippen molar-refractivity contribution in [3.63, 3.8) is 0 Å². The summed E-state index contributed by atoms with van der Waals surface area (Å²) >= 11 is 0. The molecule has 1 nitrogen and oxygen atoms in total. The molecule has 0 fully saturated rings. The van der Waals surface area contributed by atoms with Crippen LogP contribution in [0.1, 0.15) is 36.1 Å². The van der Waals surface area contributed by atoms with Crippen molar-refractivity contribution in [2.24, 2.45) is 0 Å². The number of hydrogen-bond acceptors (Lipinski definition) is 1. The van der Waals surface area contributed by atoms with Crippen molar-refractivity contribution in [2.75, 3.05) is 7.11 Å². The first-order valence-electron chi connectivity index (χ1n) is 4.79. The van der Waals surface area contributed by atoms with E-state index in [1.807, 2.05) is 0 Å². The normalized spacial score (nSPS) is 12.9. The van der Waals surface area contributed by atoms with Gasteiger partial charge in [0.2, 0.25) is 0 Å². The molecule has 0 aliphatic rings. The Hall–Kier alpha value is -0.820. The molecule has 0 bridgehead atoms. The zero-order valence-corrected chi connectivity index (χ0v) is 8.92. The smallest absolute Gasteiger partial charge is 0.0821 e. The largest absolute Gasteiger partial charge is 0.377 e. The van der Waals surface area contributed by atoms with Gasteiger partial charge >= 0.3 is 0 Å². The molecule has 0 saturated carbocycles. The van der Waals surface area contributed by atoms with Gasteiger partial charge in [0.25, 0.3) is 0 Å². The van der Waals surface area contributed by atoms with Gasteiger partial charge in [-0.1, -0.05) is 25.1 Å². The Balaban J connectivity index is 3.05. The predicted molar refractivity (Wildman–Crippen MR) is 56.0 cm³/mol. The van der Waals surface area contributed by atoms with E-state index in [9.17, 15) is 0 Å². The molecule has 1 aromatic rings. The lowest BCUT2D eigenvalue weighted by atomic mass is 9.98. The van der Waals surface area contributed by atoms with Gasteiger partial charge in [0.05, 0.1) is 6.10 Å². The Labute approximate surface area is 80.7 Å². The van der Waals surface area contributed by atoms with Crippen LogP contribution in [0.3, 0.4) is 0 Å². The highest BCUT2D eigenvalue weighted by Gasteiger charge is 2.10. The summed E-state index contributed by atoms with van der Waals surface area (Å²) in [6.45, 7) is 6.45. The molecule has 1 atom stereocenters. The SMILES string of the molecule is CCC(OC)c1cccc(C)c1C. The molecule has 13 heavy (non-hydrogen) atoms. The topological polar surface area (TPSA) is 9.23 Å². The quantitative estimate of drug-likeness (QED) is 0.689. The molecule has 0 heterocycles. The number of methoxy groups -OCH3 is 1. The highest BCUT2D eigenvalue weighted by molar-refractivity contribution is 5.34. The van der Waals surface area contributed by atoms with Crippen molar-refractivity contribution >= 4 is 0 Å². The lowest BCUT2D eigenvalue weighted by Gasteiger charge is -2.17. The van der Waals surface area contributed by atoms with Crippen LogP contribution >= 0.6 is 0 Å². The molecule has 0 radical (unpaired) electrons. The molecule has 1 heteroatoms. The first kappa shape index (κ1) is 10.3. The zero-order chi connectivity index (χ0) is 9.84. The fraction of sp³-hybridized carbons (Fsp3) is 0.500. The minimum atomic E-state index is 0.250. The molecule has 1 aromatic carbocycles. The average molecular weight is 178 g/mol. The zero-order valence-electron chi connectivity index (χ0n) is 8.92. The summed E-state index contributed by atoms with van der Waals surface area (Å²) in [6.07, 6.45) is 1.28. The molecule has 0 aromatic heterocycles. The van der Waals surface area contributed by atoms with Crippen molar-refractivity contribution in [2.45, 2.75) is 33.3 Å². The molecule has 1 rings (SSSR count). The van der Waals surface area contributed by atoms with E-state index < -0.39 is 0 Å². The Bertz CT molecular complexity index is 274. The van der Waals surface area contributed by atoms with Crippen LogP contribution in [0.15, 0.2) is 18.2 Å². The summed E-state index contributed by atoms with van der Waals surface area (Å²) in [5.74, 6) is 0. The van der Waals surface area contributed by atoms with Crippen LogP contribution in [0, 0.1) is 13.8 Å². The summed E-state index contributed by atoms with van der Waals surface area (Å²) in [5, 5.41) is 0. The van der Waals surface area contributed by atoms with Gasteiger partial charge in [0, 0.05) is 7.11 Å². The first-order valence-corrected chi connectivity index (χ1v) is 4.79. The number of hydrogen-bond donors (Lipinski definition) is 0. The van der Waals surface area contributed by atoms with E-state index in [-0.39, 0.29) is 6.10 Å². The van der Waals surface area contributed by atoms with Gasteiger partial charge in [-0.25, -0.2) is 0 Å². The summed E-state index contributed by atoms with van der Waals surface area (Å²) < 4.78 is 5.42. The van der Waals surface area contributed by atoms with Crippen LogP contribution in [0.4, 0.5) is 0 Å². The molecule has 72 valence electrons. The van der Waals surface area contributed by atoms with Gasteiger partial charge in [-0.3, -0.25) is 0 Å². The fourth-order valence-electron chi connectivity index (χ4n) is 1.64. The average Bonchev–Trinajstić information content (AvgIpc) is 2.14. The molecule has 0 N–H and O–H groups in total. The third-order valence-electron chi connectivity index (χ3n) is 2.65. The number of rotatable bonds is 3. The Morgan fingerprint density at radius 2 is 2.00 bits per heavy atom. The Morgan fingerprint density at radius 3 is 2.54 bits per heavy atom. The Kier molecular flexibility index (Phi) is 3.49. The van der Waals surface area contributed by atoms with Crippen molar-refractivity contribution in [1.29, 1.82) is 0 Å². The number of benzene rings is 1. The highest BCUT2D eigenvalue weighted by Crippen LogP contribution is 2.24. The van der Waals surface area contributed by atoms with Gasteiger partial charge in [-0.2, -0.15) is 0 Å². The van der Waals surface area contributed by atoms with Crippen LogP contribution in [-0.4, -0.2) is 7.11 Å². The molecule has 0 amide bonds. The minimum Gasteiger partial charge on any atom is -0.377 e. The second kappa shape index (κ2) is 4.43. The lowest BCUT2D eigenvalue weighted by molar-refractivity contribution is 0.0995. The van der Waals surface area contributed by atoms with Crippen LogP contribution in [0.2, 0.25) is 0 Å². The summed E-state index contributed by atoms with van der Waals surface area (Å²) in [5.41, 5.74) is 4.02. The van der Waals surface area contributed by atoms with E-state index in [0.29, 0.717) is 0 Å². The lowest BCUT2D eigenvalue weighted by Crippen LogP contribution is -2.02. The third-order valence-corrected chi connectivity index (χ3v) is 2.65.